The summed E-state index contributed by atoms with van der Waals surface area (Å²) < 4.78 is 0. The third-order valence-electron chi connectivity index (χ3n) is 5.09. The molecule has 0 radical (unpaired) electrons. The summed E-state index contributed by atoms with van der Waals surface area (Å²) in [6, 6.07) is 20.3. The highest BCUT2D eigenvalue weighted by molar-refractivity contribution is 5.75. The van der Waals surface area contributed by atoms with Crippen molar-refractivity contribution < 1.29 is 0 Å². The van der Waals surface area contributed by atoms with Gasteiger partial charge in [0, 0.05) is 37.8 Å². The van der Waals surface area contributed by atoms with Crippen LogP contribution in [0.15, 0.2) is 73.2 Å². The monoisotopic (exact) mass is 368 g/mol. The Morgan fingerprint density at radius 2 is 1.32 bits per heavy atom. The van der Waals surface area contributed by atoms with Gasteiger partial charge in [-0.25, -0.2) is 15.0 Å². The number of para-hydroxylation sites is 2. The quantitative estimate of drug-likeness (QED) is 0.552. The molecule has 138 valence electrons. The second-order valence-corrected chi connectivity index (χ2v) is 6.82. The molecule has 28 heavy (non-hydrogen) atoms. The molecule has 1 fully saturated rings. The molecular formula is C22H20N6. The van der Waals surface area contributed by atoms with Crippen LogP contribution in [0.1, 0.15) is 0 Å². The van der Waals surface area contributed by atoms with E-state index in [4.69, 9.17) is 4.98 Å². The first-order valence-electron chi connectivity index (χ1n) is 9.46. The van der Waals surface area contributed by atoms with Gasteiger partial charge < -0.3 is 9.80 Å². The van der Waals surface area contributed by atoms with Crippen LogP contribution in [0.25, 0.3) is 22.3 Å². The molecule has 0 bridgehead atoms. The molecule has 6 heteroatoms. The highest BCUT2D eigenvalue weighted by Crippen LogP contribution is 2.23. The average Bonchev–Trinajstić information content (AvgIpc) is 2.79. The Kier molecular flexibility index (Phi) is 4.29. The van der Waals surface area contributed by atoms with Crippen molar-refractivity contribution in [3.63, 3.8) is 0 Å². The molecule has 5 rings (SSSR count). The minimum atomic E-state index is 0.887. The first kappa shape index (κ1) is 16.6. The van der Waals surface area contributed by atoms with Crippen LogP contribution in [0.3, 0.4) is 0 Å². The molecule has 2 aromatic heterocycles. The number of anilines is 2. The second kappa shape index (κ2) is 7.23. The predicted octanol–water partition coefficient (Wildman–Crippen LogP) is 3.41. The third-order valence-corrected chi connectivity index (χ3v) is 5.09. The summed E-state index contributed by atoms with van der Waals surface area (Å²) in [5.74, 6) is 1.91. The van der Waals surface area contributed by atoms with E-state index >= 15 is 0 Å². The molecule has 3 heterocycles. The lowest BCUT2D eigenvalue weighted by molar-refractivity contribution is 0.641. The maximum absolute atomic E-state index is 4.77. The standard InChI is InChI=1S/C22H20N6/c1-2-6-17(7-3-1)20-14-21(25-16-24-20)27-10-12-28(13-11-27)22-15-23-18-8-4-5-9-19(18)26-22/h1-9,14-16H,10-13H2. The van der Waals surface area contributed by atoms with E-state index in [0.717, 1.165) is 60.1 Å². The van der Waals surface area contributed by atoms with Crippen molar-refractivity contribution in [1.29, 1.82) is 0 Å². The molecule has 1 aliphatic heterocycles. The third kappa shape index (κ3) is 3.24. The van der Waals surface area contributed by atoms with Crippen molar-refractivity contribution in [3.05, 3.63) is 73.2 Å². The Morgan fingerprint density at radius 1 is 0.643 bits per heavy atom. The summed E-state index contributed by atoms with van der Waals surface area (Å²) in [4.78, 5) is 22.8. The average molecular weight is 368 g/mol. The number of piperazine rings is 1. The molecule has 0 unspecified atom stereocenters. The molecule has 1 saturated heterocycles. The van der Waals surface area contributed by atoms with Gasteiger partial charge >= 0.3 is 0 Å². The van der Waals surface area contributed by atoms with E-state index in [1.54, 1.807) is 6.33 Å². The van der Waals surface area contributed by atoms with Crippen LogP contribution >= 0.6 is 0 Å². The van der Waals surface area contributed by atoms with Crippen LogP contribution in [0, 0.1) is 0 Å². The Bertz CT molecular complexity index is 1090. The van der Waals surface area contributed by atoms with Crippen molar-refractivity contribution in [2.24, 2.45) is 0 Å². The molecule has 2 aromatic carbocycles. The van der Waals surface area contributed by atoms with Crippen LogP contribution in [0.5, 0.6) is 0 Å². The summed E-state index contributed by atoms with van der Waals surface area (Å²) in [7, 11) is 0. The molecule has 6 nitrogen and oxygen atoms in total. The van der Waals surface area contributed by atoms with Gasteiger partial charge in [0.05, 0.1) is 22.9 Å². The SMILES string of the molecule is c1ccc(-c2cc(N3CCN(c4cnc5ccccc5n4)CC3)ncn2)cc1. The van der Waals surface area contributed by atoms with E-state index in [2.05, 4.69) is 43.0 Å². The number of hydrogen-bond donors (Lipinski definition) is 0. The van der Waals surface area contributed by atoms with Gasteiger partial charge in [-0.15, -0.1) is 0 Å². The number of hydrogen-bond acceptors (Lipinski definition) is 6. The number of nitrogens with zero attached hydrogens (tertiary/aromatic N) is 6. The second-order valence-electron chi connectivity index (χ2n) is 6.82. The van der Waals surface area contributed by atoms with Gasteiger partial charge in [0.15, 0.2) is 0 Å². The number of fused-ring (bicyclic) bond motifs is 1. The smallest absolute Gasteiger partial charge is 0.147 e. The van der Waals surface area contributed by atoms with Crippen LogP contribution in [0.4, 0.5) is 11.6 Å². The fourth-order valence-corrected chi connectivity index (χ4v) is 3.55. The molecule has 4 aromatic rings. The molecule has 0 spiro atoms. The normalized spacial score (nSPS) is 14.4. The minimum absolute atomic E-state index is 0.887. The van der Waals surface area contributed by atoms with Crippen molar-refractivity contribution in [3.8, 4) is 11.3 Å². The van der Waals surface area contributed by atoms with E-state index in [9.17, 15) is 0 Å². The Morgan fingerprint density at radius 3 is 2.11 bits per heavy atom. The van der Waals surface area contributed by atoms with Gasteiger partial charge in [-0.2, -0.15) is 0 Å². The molecular weight excluding hydrogens is 348 g/mol. The predicted molar refractivity (Wildman–Crippen MR) is 111 cm³/mol. The number of rotatable bonds is 3. The first-order chi connectivity index (χ1) is 13.9. The van der Waals surface area contributed by atoms with Crippen LogP contribution in [-0.4, -0.2) is 46.1 Å². The molecule has 0 N–H and O–H groups in total. The lowest BCUT2D eigenvalue weighted by Gasteiger charge is -2.36. The summed E-state index contributed by atoms with van der Waals surface area (Å²) in [6.07, 6.45) is 3.52. The van der Waals surface area contributed by atoms with E-state index in [1.807, 2.05) is 48.7 Å². The Labute approximate surface area is 163 Å². The molecule has 0 aliphatic carbocycles. The molecule has 0 amide bonds. The van der Waals surface area contributed by atoms with Gasteiger partial charge in [-0.3, -0.25) is 4.98 Å². The van der Waals surface area contributed by atoms with Gasteiger partial charge in [-0.05, 0) is 12.1 Å². The van der Waals surface area contributed by atoms with Crippen molar-refractivity contribution >= 4 is 22.7 Å². The van der Waals surface area contributed by atoms with Gasteiger partial charge in [0.25, 0.3) is 0 Å². The van der Waals surface area contributed by atoms with E-state index in [1.165, 1.54) is 0 Å². The molecule has 1 aliphatic rings. The molecule has 0 atom stereocenters. The zero-order valence-corrected chi connectivity index (χ0v) is 15.4. The summed E-state index contributed by atoms with van der Waals surface area (Å²) >= 11 is 0. The highest BCUT2D eigenvalue weighted by atomic mass is 15.3. The molecule has 0 saturated carbocycles. The van der Waals surface area contributed by atoms with E-state index in [0.29, 0.717) is 0 Å². The summed E-state index contributed by atoms with van der Waals surface area (Å²) in [5.41, 5.74) is 3.93. The first-order valence-corrected chi connectivity index (χ1v) is 9.46. The highest BCUT2D eigenvalue weighted by Gasteiger charge is 2.20. The van der Waals surface area contributed by atoms with Crippen molar-refractivity contribution in [2.45, 2.75) is 0 Å². The lowest BCUT2D eigenvalue weighted by Crippen LogP contribution is -2.47. The minimum Gasteiger partial charge on any atom is -0.353 e. The van der Waals surface area contributed by atoms with E-state index < -0.39 is 0 Å². The summed E-state index contributed by atoms with van der Waals surface area (Å²) in [6.45, 7) is 3.55. The fraction of sp³-hybridized carbons (Fsp3) is 0.182. The van der Waals surface area contributed by atoms with Gasteiger partial charge in [0.1, 0.15) is 18.0 Å². The van der Waals surface area contributed by atoms with Crippen molar-refractivity contribution in [2.75, 3.05) is 36.0 Å². The fourth-order valence-electron chi connectivity index (χ4n) is 3.55. The number of aromatic nitrogens is 4. The lowest BCUT2D eigenvalue weighted by atomic mass is 10.1. The van der Waals surface area contributed by atoms with Gasteiger partial charge in [0.2, 0.25) is 0 Å². The maximum atomic E-state index is 4.77. The van der Waals surface area contributed by atoms with Crippen LogP contribution in [-0.2, 0) is 0 Å². The largest absolute Gasteiger partial charge is 0.353 e. The zero-order chi connectivity index (χ0) is 18.8. The number of benzene rings is 2. The van der Waals surface area contributed by atoms with Crippen LogP contribution < -0.4 is 9.80 Å². The van der Waals surface area contributed by atoms with Crippen molar-refractivity contribution in [1.82, 2.24) is 19.9 Å². The Balaban J connectivity index is 1.32. The zero-order valence-electron chi connectivity index (χ0n) is 15.4. The van der Waals surface area contributed by atoms with Crippen LogP contribution in [0.2, 0.25) is 0 Å². The summed E-state index contributed by atoms with van der Waals surface area (Å²) in [5, 5.41) is 0. The topological polar surface area (TPSA) is 58.0 Å². The maximum Gasteiger partial charge on any atom is 0.147 e. The van der Waals surface area contributed by atoms with E-state index in [-0.39, 0.29) is 0 Å². The Hall–Kier alpha value is -3.54. The van der Waals surface area contributed by atoms with Gasteiger partial charge in [-0.1, -0.05) is 42.5 Å².